The summed E-state index contributed by atoms with van der Waals surface area (Å²) in [5.74, 6) is 0.591. The lowest BCUT2D eigenvalue weighted by atomic mass is 10.0. The molecule has 106 valence electrons. The zero-order valence-corrected chi connectivity index (χ0v) is 12.7. The van der Waals surface area contributed by atoms with Gasteiger partial charge in [0.15, 0.2) is 0 Å². The average Bonchev–Trinajstić information content (AvgIpc) is 2.43. The largest absolute Gasteiger partial charge is 0.352 e. The van der Waals surface area contributed by atoms with Crippen molar-refractivity contribution in [2.24, 2.45) is 0 Å². The Bertz CT molecular complexity index is 537. The Morgan fingerprint density at radius 1 is 1.15 bits per heavy atom. The average molecular weight is 291 g/mol. The van der Waals surface area contributed by atoms with Crippen LogP contribution in [0.3, 0.4) is 0 Å². The first-order chi connectivity index (χ1) is 9.56. The molecule has 1 heterocycles. The Hall–Kier alpha value is -1.65. The second kappa shape index (κ2) is 6.68. The quantitative estimate of drug-likeness (QED) is 0.918. The fourth-order valence-electron chi connectivity index (χ4n) is 1.98. The van der Waals surface area contributed by atoms with Gasteiger partial charge in [-0.1, -0.05) is 41.4 Å². The lowest BCUT2D eigenvalue weighted by molar-refractivity contribution is 0.311. The van der Waals surface area contributed by atoms with Crippen molar-refractivity contribution < 1.29 is 0 Å². The van der Waals surface area contributed by atoms with Gasteiger partial charge in [0.1, 0.15) is 0 Å². The normalized spacial score (nSPS) is 12.4. The fraction of sp³-hybridized carbons (Fsp3) is 0.333. The topological polar surface area (TPSA) is 41.1 Å². The number of hydrogen-bond acceptors (Lipinski definition) is 4. The molecule has 5 heteroatoms. The van der Waals surface area contributed by atoms with E-state index in [2.05, 4.69) is 65.5 Å². The summed E-state index contributed by atoms with van der Waals surface area (Å²) >= 11 is 5.77. The van der Waals surface area contributed by atoms with E-state index >= 15 is 0 Å². The third kappa shape index (κ3) is 3.92. The molecule has 0 amide bonds. The predicted molar refractivity (Wildman–Crippen MR) is 83.1 cm³/mol. The highest BCUT2D eigenvalue weighted by atomic mass is 35.5. The number of aryl methyl sites for hydroxylation is 1. The predicted octanol–water partition coefficient (Wildman–Crippen LogP) is 3.15. The van der Waals surface area contributed by atoms with E-state index in [4.69, 9.17) is 11.6 Å². The smallest absolute Gasteiger partial charge is 0.222 e. The first-order valence-electron chi connectivity index (χ1n) is 6.50. The number of halogens is 1. The minimum Gasteiger partial charge on any atom is -0.352 e. The van der Waals surface area contributed by atoms with Gasteiger partial charge in [0, 0.05) is 6.54 Å². The minimum absolute atomic E-state index is 0.259. The van der Waals surface area contributed by atoms with E-state index in [1.807, 2.05) is 0 Å². The Morgan fingerprint density at radius 3 is 2.30 bits per heavy atom. The standard InChI is InChI=1S/C15H19ClN4/c1-11-4-6-12(7-5-11)14(20(2)3)10-19-15-17-8-13(16)9-18-15/h4-9,14H,10H2,1-3H3,(H,17,18,19). The summed E-state index contributed by atoms with van der Waals surface area (Å²) < 4.78 is 0. The van der Waals surface area contributed by atoms with Crippen LogP contribution in [0.5, 0.6) is 0 Å². The van der Waals surface area contributed by atoms with Gasteiger partial charge in [0.05, 0.1) is 23.5 Å². The van der Waals surface area contributed by atoms with Gasteiger partial charge in [-0.05, 0) is 26.6 Å². The SMILES string of the molecule is Cc1ccc(C(CNc2ncc(Cl)cn2)N(C)C)cc1. The van der Waals surface area contributed by atoms with Crippen LogP contribution in [0.1, 0.15) is 17.2 Å². The summed E-state index contributed by atoms with van der Waals surface area (Å²) in [5, 5.41) is 3.78. The van der Waals surface area contributed by atoms with E-state index in [0.29, 0.717) is 11.0 Å². The van der Waals surface area contributed by atoms with Crippen LogP contribution < -0.4 is 5.32 Å². The molecule has 0 saturated carbocycles. The van der Waals surface area contributed by atoms with Crippen LogP contribution in [0.2, 0.25) is 5.02 Å². The monoisotopic (exact) mass is 290 g/mol. The lowest BCUT2D eigenvalue weighted by Crippen LogP contribution is -2.27. The van der Waals surface area contributed by atoms with Crippen molar-refractivity contribution in [3.8, 4) is 0 Å². The number of rotatable bonds is 5. The van der Waals surface area contributed by atoms with Crippen LogP contribution in [0.25, 0.3) is 0 Å². The first kappa shape index (κ1) is 14.8. The molecule has 0 aliphatic carbocycles. The molecule has 0 spiro atoms. The van der Waals surface area contributed by atoms with Crippen molar-refractivity contribution in [2.45, 2.75) is 13.0 Å². The molecule has 2 aromatic rings. The third-order valence-corrected chi connectivity index (χ3v) is 3.35. The van der Waals surface area contributed by atoms with Crippen LogP contribution in [0.4, 0.5) is 5.95 Å². The van der Waals surface area contributed by atoms with Crippen molar-refractivity contribution in [1.82, 2.24) is 14.9 Å². The van der Waals surface area contributed by atoms with Gasteiger partial charge in [-0.15, -0.1) is 0 Å². The molecule has 20 heavy (non-hydrogen) atoms. The molecule has 0 aliphatic rings. The van der Waals surface area contributed by atoms with E-state index in [9.17, 15) is 0 Å². The number of nitrogens with one attached hydrogen (secondary N) is 1. The number of hydrogen-bond donors (Lipinski definition) is 1. The van der Waals surface area contributed by atoms with Crippen molar-refractivity contribution in [3.63, 3.8) is 0 Å². The van der Waals surface area contributed by atoms with Crippen LogP contribution in [-0.2, 0) is 0 Å². The number of likely N-dealkylation sites (N-methyl/N-ethyl adjacent to an activating group) is 1. The second-order valence-electron chi connectivity index (χ2n) is 5.00. The van der Waals surface area contributed by atoms with Gasteiger partial charge in [-0.2, -0.15) is 0 Å². The summed E-state index contributed by atoms with van der Waals surface area (Å²) in [6.07, 6.45) is 3.18. The highest BCUT2D eigenvalue weighted by molar-refractivity contribution is 6.30. The van der Waals surface area contributed by atoms with E-state index in [1.165, 1.54) is 11.1 Å². The first-order valence-corrected chi connectivity index (χ1v) is 6.88. The Labute approximate surface area is 124 Å². The van der Waals surface area contributed by atoms with E-state index in [-0.39, 0.29) is 6.04 Å². The number of anilines is 1. The molecule has 1 aromatic heterocycles. The van der Waals surface area contributed by atoms with Gasteiger partial charge in [-0.3, -0.25) is 0 Å². The van der Waals surface area contributed by atoms with Crippen LogP contribution in [-0.4, -0.2) is 35.5 Å². The molecule has 0 radical (unpaired) electrons. The zero-order valence-electron chi connectivity index (χ0n) is 12.0. The number of nitrogens with zero attached hydrogens (tertiary/aromatic N) is 3. The summed E-state index contributed by atoms with van der Waals surface area (Å²) in [4.78, 5) is 10.5. The van der Waals surface area contributed by atoms with E-state index in [1.54, 1.807) is 12.4 Å². The lowest BCUT2D eigenvalue weighted by Gasteiger charge is -2.25. The highest BCUT2D eigenvalue weighted by Gasteiger charge is 2.14. The van der Waals surface area contributed by atoms with Crippen molar-refractivity contribution in [1.29, 1.82) is 0 Å². The van der Waals surface area contributed by atoms with Crippen molar-refractivity contribution in [2.75, 3.05) is 26.0 Å². The number of aromatic nitrogens is 2. The Morgan fingerprint density at radius 2 is 1.75 bits per heavy atom. The zero-order chi connectivity index (χ0) is 14.5. The van der Waals surface area contributed by atoms with E-state index < -0.39 is 0 Å². The summed E-state index contributed by atoms with van der Waals surface area (Å²) in [5.41, 5.74) is 2.53. The molecule has 0 saturated heterocycles. The molecule has 1 unspecified atom stereocenters. The Balaban J connectivity index is 2.06. The summed E-state index contributed by atoms with van der Waals surface area (Å²) in [7, 11) is 4.13. The molecule has 0 aliphatic heterocycles. The molecule has 2 rings (SSSR count). The van der Waals surface area contributed by atoms with Gasteiger partial charge >= 0.3 is 0 Å². The second-order valence-corrected chi connectivity index (χ2v) is 5.43. The maximum Gasteiger partial charge on any atom is 0.222 e. The maximum atomic E-state index is 5.77. The van der Waals surface area contributed by atoms with Crippen LogP contribution in [0.15, 0.2) is 36.7 Å². The van der Waals surface area contributed by atoms with Gasteiger partial charge in [0.25, 0.3) is 0 Å². The van der Waals surface area contributed by atoms with Gasteiger partial charge < -0.3 is 10.2 Å². The maximum absolute atomic E-state index is 5.77. The minimum atomic E-state index is 0.259. The van der Waals surface area contributed by atoms with Crippen LogP contribution in [0, 0.1) is 6.92 Å². The van der Waals surface area contributed by atoms with Gasteiger partial charge in [0.2, 0.25) is 5.95 Å². The molecule has 1 aromatic carbocycles. The summed E-state index contributed by atoms with van der Waals surface area (Å²) in [6.45, 7) is 2.83. The number of benzene rings is 1. The molecule has 1 N–H and O–H groups in total. The molecule has 1 atom stereocenters. The highest BCUT2D eigenvalue weighted by Crippen LogP contribution is 2.19. The molecular weight excluding hydrogens is 272 g/mol. The summed E-state index contributed by atoms with van der Waals surface area (Å²) in [6, 6.07) is 8.83. The van der Waals surface area contributed by atoms with Crippen molar-refractivity contribution in [3.05, 3.63) is 52.8 Å². The third-order valence-electron chi connectivity index (χ3n) is 3.16. The van der Waals surface area contributed by atoms with Crippen molar-refractivity contribution >= 4 is 17.5 Å². The molecule has 4 nitrogen and oxygen atoms in total. The fourth-order valence-corrected chi connectivity index (χ4v) is 2.08. The Kier molecular flexibility index (Phi) is 4.93. The van der Waals surface area contributed by atoms with E-state index in [0.717, 1.165) is 6.54 Å². The van der Waals surface area contributed by atoms with Crippen LogP contribution >= 0.6 is 11.6 Å². The molecule has 0 fully saturated rings. The van der Waals surface area contributed by atoms with Gasteiger partial charge in [-0.25, -0.2) is 9.97 Å². The molecule has 0 bridgehead atoms. The molecular formula is C15H19ClN4.